The Kier molecular flexibility index (Phi) is 11.4. The van der Waals surface area contributed by atoms with E-state index in [0.717, 1.165) is 5.56 Å². The largest absolute Gasteiger partial charge is 0.494 e. The van der Waals surface area contributed by atoms with Crippen LogP contribution in [0.1, 0.15) is 44.4 Å². The molecule has 0 aliphatic carbocycles. The molecule has 0 radical (unpaired) electrons. The van der Waals surface area contributed by atoms with Gasteiger partial charge in [0.2, 0.25) is 11.9 Å². The van der Waals surface area contributed by atoms with Crippen molar-refractivity contribution in [3.8, 4) is 5.75 Å². The summed E-state index contributed by atoms with van der Waals surface area (Å²) in [7, 11) is 2.75. The van der Waals surface area contributed by atoms with Crippen LogP contribution >= 0.6 is 0 Å². The summed E-state index contributed by atoms with van der Waals surface area (Å²) in [5, 5.41) is 8.01. The summed E-state index contributed by atoms with van der Waals surface area (Å²) < 4.78 is 59.3. The highest BCUT2D eigenvalue weighted by atomic mass is 19.4. The third-order valence-electron chi connectivity index (χ3n) is 6.20. The van der Waals surface area contributed by atoms with Crippen molar-refractivity contribution < 1.29 is 27.1 Å². The molecule has 2 aromatic rings. The van der Waals surface area contributed by atoms with Crippen molar-refractivity contribution in [1.82, 2.24) is 10.6 Å². The van der Waals surface area contributed by atoms with Crippen molar-refractivity contribution in [3.05, 3.63) is 59.4 Å². The number of methoxy groups -OCH3 is 1. The van der Waals surface area contributed by atoms with Gasteiger partial charge in [0.05, 0.1) is 13.0 Å². The van der Waals surface area contributed by atoms with E-state index < -0.39 is 42.1 Å². The summed E-state index contributed by atoms with van der Waals surface area (Å²) in [6, 6.07) is 8.29. The minimum Gasteiger partial charge on any atom is -0.494 e. The van der Waals surface area contributed by atoms with Gasteiger partial charge in [-0.25, -0.2) is 9.38 Å². The second-order valence-corrected chi connectivity index (χ2v) is 10.4. The molecule has 9 N–H and O–H groups in total. The number of aliphatic imine (C=N–C) groups is 1. The number of halogens is 4. The molecule has 40 heavy (non-hydrogen) atoms. The Bertz CT molecular complexity index is 1170. The van der Waals surface area contributed by atoms with Crippen LogP contribution in [0.5, 0.6) is 5.75 Å². The lowest BCUT2D eigenvalue weighted by atomic mass is 9.86. The molecule has 9 nitrogen and oxygen atoms in total. The first-order chi connectivity index (χ1) is 18.6. The van der Waals surface area contributed by atoms with E-state index in [1.165, 1.54) is 26.3 Å². The molecule has 2 aromatic carbocycles. The highest BCUT2D eigenvalue weighted by Gasteiger charge is 2.45. The van der Waals surface area contributed by atoms with Crippen LogP contribution in [-0.2, 0) is 10.2 Å². The van der Waals surface area contributed by atoms with Crippen LogP contribution in [0.3, 0.4) is 0 Å². The van der Waals surface area contributed by atoms with E-state index in [0.29, 0.717) is 11.3 Å². The number of rotatable bonds is 10. The predicted molar refractivity (Wildman–Crippen MR) is 148 cm³/mol. The van der Waals surface area contributed by atoms with Gasteiger partial charge in [0, 0.05) is 24.7 Å². The van der Waals surface area contributed by atoms with Gasteiger partial charge in [0.1, 0.15) is 12.2 Å². The zero-order valence-corrected chi connectivity index (χ0v) is 23.3. The molecule has 0 heterocycles. The summed E-state index contributed by atoms with van der Waals surface area (Å²) in [6.07, 6.45) is -5.81. The Morgan fingerprint density at radius 2 is 1.73 bits per heavy atom. The van der Waals surface area contributed by atoms with Gasteiger partial charge in [-0.1, -0.05) is 45.0 Å². The molecule has 4 unspecified atom stereocenters. The number of nitrogens with zero attached hydrogens (tertiary/aromatic N) is 1. The van der Waals surface area contributed by atoms with Crippen molar-refractivity contribution in [3.63, 3.8) is 0 Å². The topological polar surface area (TPSA) is 153 Å². The zero-order valence-electron chi connectivity index (χ0n) is 23.3. The maximum atomic E-state index is 14.2. The van der Waals surface area contributed by atoms with E-state index >= 15 is 0 Å². The number of nitrogens with one attached hydrogen (secondary N) is 3. The SMILES string of the molecule is CNCC(C(=O)NC(=NC(N)CC(N)c1ccc(OC)c(F)c1)Nc1ccccc1C(C)(C)C)C(N)C(F)(F)F. The number of carbonyl (C=O) groups excluding carboxylic acids is 1. The number of amides is 1. The summed E-state index contributed by atoms with van der Waals surface area (Å²) in [4.78, 5) is 17.4. The van der Waals surface area contributed by atoms with Gasteiger partial charge in [-0.3, -0.25) is 10.1 Å². The van der Waals surface area contributed by atoms with Crippen LogP contribution < -0.4 is 37.9 Å². The molecule has 0 aromatic heterocycles. The Hall–Kier alpha value is -3.26. The van der Waals surface area contributed by atoms with E-state index in [9.17, 15) is 22.4 Å². The molecule has 4 atom stereocenters. The molecule has 0 bridgehead atoms. The molecule has 222 valence electrons. The van der Waals surface area contributed by atoms with E-state index in [-0.39, 0.29) is 30.1 Å². The number of carbonyl (C=O) groups is 1. The number of hydrogen-bond acceptors (Lipinski definition) is 7. The van der Waals surface area contributed by atoms with Crippen LogP contribution in [0.4, 0.5) is 23.2 Å². The fraction of sp³-hybridized carbons (Fsp3) is 0.481. The first-order valence-electron chi connectivity index (χ1n) is 12.6. The Labute approximate surface area is 231 Å². The maximum Gasteiger partial charge on any atom is 0.404 e. The number of hydrogen-bond donors (Lipinski definition) is 6. The number of para-hydroxylation sites is 1. The lowest BCUT2D eigenvalue weighted by Gasteiger charge is -2.27. The fourth-order valence-corrected chi connectivity index (χ4v) is 4.04. The Morgan fingerprint density at radius 1 is 1.07 bits per heavy atom. The number of ether oxygens (including phenoxy) is 1. The third-order valence-corrected chi connectivity index (χ3v) is 6.20. The standard InChI is InChI=1S/C27H39F4N7O2/c1-26(2,3)17-8-6-7-9-20(17)36-25(38-24(39)16(14-35-4)23(34)27(29,30)31)37-22(33)13-19(32)15-10-11-21(40-5)18(28)12-15/h6-12,16,19,22-23,35H,13-14,32-34H2,1-5H3,(H2,36,37,38,39). The number of benzene rings is 2. The van der Waals surface area contributed by atoms with E-state index in [2.05, 4.69) is 20.9 Å². The fourth-order valence-electron chi connectivity index (χ4n) is 4.04. The number of anilines is 1. The first kappa shape index (κ1) is 32.9. The van der Waals surface area contributed by atoms with Crippen molar-refractivity contribution in [1.29, 1.82) is 0 Å². The second-order valence-electron chi connectivity index (χ2n) is 10.4. The van der Waals surface area contributed by atoms with Crippen LogP contribution in [0.25, 0.3) is 0 Å². The van der Waals surface area contributed by atoms with Gasteiger partial charge in [0.15, 0.2) is 11.6 Å². The Morgan fingerprint density at radius 3 is 2.27 bits per heavy atom. The molecule has 0 spiro atoms. The van der Waals surface area contributed by atoms with Crippen LogP contribution in [0, 0.1) is 11.7 Å². The molecule has 13 heteroatoms. The van der Waals surface area contributed by atoms with Gasteiger partial charge in [-0.15, -0.1) is 0 Å². The summed E-state index contributed by atoms with van der Waals surface area (Å²) in [5.41, 5.74) is 19.4. The van der Waals surface area contributed by atoms with Crippen molar-refractivity contribution >= 4 is 17.6 Å². The van der Waals surface area contributed by atoms with E-state index in [4.69, 9.17) is 21.9 Å². The highest BCUT2D eigenvalue weighted by molar-refractivity contribution is 6.05. The van der Waals surface area contributed by atoms with Gasteiger partial charge in [-0.2, -0.15) is 13.2 Å². The zero-order chi connectivity index (χ0) is 30.3. The molecule has 1 amide bonds. The lowest BCUT2D eigenvalue weighted by Crippen LogP contribution is -2.54. The van der Waals surface area contributed by atoms with Crippen molar-refractivity contribution in [2.45, 2.75) is 57.0 Å². The summed E-state index contributed by atoms with van der Waals surface area (Å²) in [6.45, 7) is 5.60. The maximum absolute atomic E-state index is 14.2. The molecule has 0 saturated carbocycles. The second kappa shape index (κ2) is 13.9. The lowest BCUT2D eigenvalue weighted by molar-refractivity contribution is -0.164. The third kappa shape index (κ3) is 9.15. The predicted octanol–water partition coefficient (Wildman–Crippen LogP) is 3.12. The number of nitrogens with two attached hydrogens (primary N) is 3. The number of guanidine groups is 1. The highest BCUT2D eigenvalue weighted by Crippen LogP contribution is 2.30. The van der Waals surface area contributed by atoms with Crippen LogP contribution in [0.2, 0.25) is 0 Å². The molecular weight excluding hydrogens is 530 g/mol. The van der Waals surface area contributed by atoms with Crippen LogP contribution in [-0.4, -0.2) is 51.0 Å². The number of alkyl halides is 3. The molecule has 2 rings (SSSR count). The quantitative estimate of drug-likeness (QED) is 0.146. The molecular formula is C27H39F4N7O2. The minimum absolute atomic E-state index is 0.0236. The van der Waals surface area contributed by atoms with Crippen molar-refractivity contribution in [2.24, 2.45) is 28.1 Å². The van der Waals surface area contributed by atoms with Gasteiger partial charge >= 0.3 is 6.18 Å². The first-order valence-corrected chi connectivity index (χ1v) is 12.6. The molecule has 0 saturated heterocycles. The summed E-state index contributed by atoms with van der Waals surface area (Å²) in [5.74, 6) is -3.39. The smallest absolute Gasteiger partial charge is 0.404 e. The summed E-state index contributed by atoms with van der Waals surface area (Å²) >= 11 is 0. The normalized spacial score (nSPS) is 15.7. The molecule has 0 aliphatic heterocycles. The Balaban J connectivity index is 2.40. The van der Waals surface area contributed by atoms with Gasteiger partial charge < -0.3 is 32.6 Å². The van der Waals surface area contributed by atoms with Crippen molar-refractivity contribution in [2.75, 3.05) is 26.0 Å². The average molecular weight is 570 g/mol. The monoisotopic (exact) mass is 569 g/mol. The van der Waals surface area contributed by atoms with Gasteiger partial charge in [0.25, 0.3) is 0 Å². The molecule has 0 fully saturated rings. The molecule has 0 aliphatic rings. The van der Waals surface area contributed by atoms with E-state index in [1.807, 2.05) is 32.9 Å². The van der Waals surface area contributed by atoms with E-state index in [1.54, 1.807) is 18.2 Å². The minimum atomic E-state index is -4.81. The van der Waals surface area contributed by atoms with Crippen LogP contribution in [0.15, 0.2) is 47.5 Å². The average Bonchev–Trinajstić information content (AvgIpc) is 2.85. The van der Waals surface area contributed by atoms with Gasteiger partial charge in [-0.05, 0) is 41.8 Å².